The van der Waals surface area contributed by atoms with Crippen molar-refractivity contribution in [1.82, 2.24) is 5.32 Å². The van der Waals surface area contributed by atoms with Gasteiger partial charge in [0.05, 0.1) is 5.38 Å². The summed E-state index contributed by atoms with van der Waals surface area (Å²) in [5, 5.41) is 2.79. The molecule has 0 aliphatic rings. The highest BCUT2D eigenvalue weighted by Crippen LogP contribution is 2.08. The van der Waals surface area contributed by atoms with Crippen LogP contribution in [0.3, 0.4) is 0 Å². The Morgan fingerprint density at radius 3 is 2.47 bits per heavy atom. The van der Waals surface area contributed by atoms with Crippen molar-refractivity contribution in [1.29, 1.82) is 0 Å². The summed E-state index contributed by atoms with van der Waals surface area (Å²) in [5.41, 5.74) is 0.671. The lowest BCUT2D eigenvalue weighted by molar-refractivity contribution is 0.0952. The van der Waals surface area contributed by atoms with Gasteiger partial charge in [0.15, 0.2) is 0 Å². The van der Waals surface area contributed by atoms with Gasteiger partial charge in [0.2, 0.25) is 0 Å². The van der Waals surface area contributed by atoms with Crippen molar-refractivity contribution in [3.05, 3.63) is 35.9 Å². The van der Waals surface area contributed by atoms with E-state index in [-0.39, 0.29) is 11.3 Å². The van der Waals surface area contributed by atoms with Crippen LogP contribution >= 0.6 is 11.6 Å². The second-order valence-electron chi connectivity index (χ2n) is 3.84. The molecule has 1 amide bonds. The highest BCUT2D eigenvalue weighted by atomic mass is 35.5. The van der Waals surface area contributed by atoms with E-state index in [0.29, 0.717) is 18.0 Å². The van der Waals surface area contributed by atoms with Crippen LogP contribution in [0.1, 0.15) is 24.2 Å². The molecule has 0 fully saturated rings. The summed E-state index contributed by atoms with van der Waals surface area (Å²) >= 11 is 6.03. The third kappa shape index (κ3) is 3.92. The van der Waals surface area contributed by atoms with Crippen molar-refractivity contribution >= 4 is 17.5 Å². The third-order valence-electron chi connectivity index (χ3n) is 2.22. The Morgan fingerprint density at radius 2 is 1.93 bits per heavy atom. The first kappa shape index (κ1) is 12.1. The quantitative estimate of drug-likeness (QED) is 0.785. The van der Waals surface area contributed by atoms with Crippen LogP contribution in [0.2, 0.25) is 0 Å². The van der Waals surface area contributed by atoms with Crippen LogP contribution in [0, 0.1) is 5.92 Å². The van der Waals surface area contributed by atoms with Gasteiger partial charge in [0.25, 0.3) is 5.91 Å². The molecule has 0 saturated heterocycles. The Hall–Kier alpha value is -1.02. The summed E-state index contributed by atoms with van der Waals surface area (Å²) in [6.45, 7) is 4.58. The van der Waals surface area contributed by atoms with Crippen LogP contribution in [0.5, 0.6) is 0 Å². The van der Waals surface area contributed by atoms with Gasteiger partial charge in [0, 0.05) is 12.1 Å². The lowest BCUT2D eigenvalue weighted by Crippen LogP contribution is -2.31. The van der Waals surface area contributed by atoms with Crippen molar-refractivity contribution in [2.45, 2.75) is 19.2 Å². The standard InChI is InChI=1S/C12H16ClNO/c1-9(2)11(13)8-14-12(15)10-6-4-3-5-7-10/h3-7,9,11H,8H2,1-2H3,(H,14,15). The first-order valence-corrected chi connectivity index (χ1v) is 5.52. The van der Waals surface area contributed by atoms with Crippen molar-refractivity contribution in [3.63, 3.8) is 0 Å². The molecule has 1 rings (SSSR count). The molecule has 1 N–H and O–H groups in total. The number of hydrogen-bond acceptors (Lipinski definition) is 1. The van der Waals surface area contributed by atoms with Gasteiger partial charge in [-0.1, -0.05) is 32.0 Å². The molecular weight excluding hydrogens is 210 g/mol. The zero-order chi connectivity index (χ0) is 11.3. The zero-order valence-corrected chi connectivity index (χ0v) is 9.79. The first-order valence-electron chi connectivity index (χ1n) is 5.08. The number of amides is 1. The summed E-state index contributed by atoms with van der Waals surface area (Å²) in [6, 6.07) is 9.14. The smallest absolute Gasteiger partial charge is 0.251 e. The van der Waals surface area contributed by atoms with Crippen LogP contribution in [0.15, 0.2) is 30.3 Å². The van der Waals surface area contributed by atoms with E-state index in [1.807, 2.05) is 32.0 Å². The largest absolute Gasteiger partial charge is 0.351 e. The average Bonchev–Trinajstić information content (AvgIpc) is 2.26. The average molecular weight is 226 g/mol. The van der Waals surface area contributed by atoms with E-state index in [2.05, 4.69) is 5.32 Å². The van der Waals surface area contributed by atoms with Gasteiger partial charge < -0.3 is 5.32 Å². The highest BCUT2D eigenvalue weighted by Gasteiger charge is 2.11. The number of rotatable bonds is 4. The fraction of sp³-hybridized carbons (Fsp3) is 0.417. The third-order valence-corrected chi connectivity index (χ3v) is 2.88. The minimum Gasteiger partial charge on any atom is -0.351 e. The van der Waals surface area contributed by atoms with Gasteiger partial charge >= 0.3 is 0 Å². The Morgan fingerprint density at radius 1 is 1.33 bits per heavy atom. The molecule has 0 spiro atoms. The molecular formula is C12H16ClNO. The SMILES string of the molecule is CC(C)C(Cl)CNC(=O)c1ccccc1. The predicted octanol–water partition coefficient (Wildman–Crippen LogP) is 2.68. The van der Waals surface area contributed by atoms with Gasteiger partial charge in [0.1, 0.15) is 0 Å². The second kappa shape index (κ2) is 5.76. The number of alkyl halides is 1. The minimum absolute atomic E-state index is 0.0161. The van der Waals surface area contributed by atoms with Gasteiger partial charge in [-0.25, -0.2) is 0 Å². The van der Waals surface area contributed by atoms with Gasteiger partial charge in [-0.3, -0.25) is 4.79 Å². The van der Waals surface area contributed by atoms with Crippen molar-refractivity contribution in [3.8, 4) is 0 Å². The van der Waals surface area contributed by atoms with E-state index in [4.69, 9.17) is 11.6 Å². The van der Waals surface area contributed by atoms with E-state index >= 15 is 0 Å². The number of carbonyl (C=O) groups is 1. The molecule has 0 aliphatic carbocycles. The molecule has 2 nitrogen and oxygen atoms in total. The lowest BCUT2D eigenvalue weighted by atomic mass is 10.1. The van der Waals surface area contributed by atoms with E-state index < -0.39 is 0 Å². The zero-order valence-electron chi connectivity index (χ0n) is 9.03. The maximum Gasteiger partial charge on any atom is 0.251 e. The van der Waals surface area contributed by atoms with Crippen molar-refractivity contribution in [2.75, 3.05) is 6.54 Å². The van der Waals surface area contributed by atoms with E-state index in [0.717, 1.165) is 0 Å². The topological polar surface area (TPSA) is 29.1 Å². The van der Waals surface area contributed by atoms with Gasteiger partial charge in [-0.2, -0.15) is 0 Å². The highest BCUT2D eigenvalue weighted by molar-refractivity contribution is 6.21. The normalized spacial score (nSPS) is 12.5. The lowest BCUT2D eigenvalue weighted by Gasteiger charge is -2.13. The van der Waals surface area contributed by atoms with Crippen LogP contribution in [0.25, 0.3) is 0 Å². The van der Waals surface area contributed by atoms with Gasteiger partial charge in [-0.15, -0.1) is 11.6 Å². The molecule has 0 heterocycles. The monoisotopic (exact) mass is 225 g/mol. The number of hydrogen-bond donors (Lipinski definition) is 1. The van der Waals surface area contributed by atoms with Crippen LogP contribution in [-0.2, 0) is 0 Å². The number of benzene rings is 1. The van der Waals surface area contributed by atoms with Crippen LogP contribution < -0.4 is 5.32 Å². The predicted molar refractivity (Wildman–Crippen MR) is 63.3 cm³/mol. The van der Waals surface area contributed by atoms with Crippen molar-refractivity contribution < 1.29 is 4.79 Å². The molecule has 1 atom stereocenters. The molecule has 1 aromatic rings. The van der Waals surface area contributed by atoms with Crippen LogP contribution in [-0.4, -0.2) is 17.8 Å². The molecule has 0 bridgehead atoms. The Bertz CT molecular complexity index is 311. The summed E-state index contributed by atoms with van der Waals surface area (Å²) in [7, 11) is 0. The molecule has 82 valence electrons. The van der Waals surface area contributed by atoms with Crippen molar-refractivity contribution in [2.24, 2.45) is 5.92 Å². The summed E-state index contributed by atoms with van der Waals surface area (Å²) < 4.78 is 0. The molecule has 3 heteroatoms. The Labute approximate surface area is 95.6 Å². The number of halogens is 1. The maximum atomic E-state index is 11.6. The fourth-order valence-corrected chi connectivity index (χ4v) is 1.19. The molecule has 15 heavy (non-hydrogen) atoms. The van der Waals surface area contributed by atoms with E-state index in [1.165, 1.54) is 0 Å². The number of nitrogens with one attached hydrogen (secondary N) is 1. The Kier molecular flexibility index (Phi) is 4.63. The minimum atomic E-state index is -0.0677. The molecule has 0 saturated carbocycles. The fourth-order valence-electron chi connectivity index (χ4n) is 1.12. The Balaban J connectivity index is 2.44. The molecule has 0 aromatic heterocycles. The molecule has 0 radical (unpaired) electrons. The van der Waals surface area contributed by atoms with Crippen LogP contribution in [0.4, 0.5) is 0 Å². The number of carbonyl (C=O) groups excluding carboxylic acids is 1. The molecule has 0 aliphatic heterocycles. The second-order valence-corrected chi connectivity index (χ2v) is 4.40. The maximum absolute atomic E-state index is 11.6. The first-order chi connectivity index (χ1) is 7.11. The van der Waals surface area contributed by atoms with Gasteiger partial charge in [-0.05, 0) is 18.1 Å². The molecule has 1 unspecified atom stereocenters. The van der Waals surface area contributed by atoms with E-state index in [9.17, 15) is 4.79 Å². The molecule has 1 aromatic carbocycles. The van der Waals surface area contributed by atoms with E-state index in [1.54, 1.807) is 12.1 Å². The summed E-state index contributed by atoms with van der Waals surface area (Å²) in [5.74, 6) is 0.296. The summed E-state index contributed by atoms with van der Waals surface area (Å²) in [6.07, 6.45) is 0. The summed E-state index contributed by atoms with van der Waals surface area (Å²) in [4.78, 5) is 11.6.